The molecule has 0 fully saturated rings. The summed E-state index contributed by atoms with van der Waals surface area (Å²) in [7, 11) is 0. The van der Waals surface area contributed by atoms with Crippen LogP contribution < -0.4 is 4.74 Å². The van der Waals surface area contributed by atoms with E-state index in [1.165, 1.54) is 0 Å². The summed E-state index contributed by atoms with van der Waals surface area (Å²) in [5.74, 6) is 0.523. The number of phenolic OH excluding ortho intramolecular Hbond substituents is 2. The molecule has 0 aliphatic carbocycles. The van der Waals surface area contributed by atoms with E-state index in [-0.39, 0.29) is 17.2 Å². The third-order valence-electron chi connectivity index (χ3n) is 2.72. The van der Waals surface area contributed by atoms with Crippen LogP contribution in [0.3, 0.4) is 0 Å². The molecule has 0 aromatic heterocycles. The lowest BCUT2D eigenvalue weighted by atomic mass is 10.1. The van der Waals surface area contributed by atoms with Crippen molar-refractivity contribution in [1.82, 2.24) is 0 Å². The van der Waals surface area contributed by atoms with Crippen molar-refractivity contribution in [1.29, 1.82) is 0 Å². The number of phenols is 2. The van der Waals surface area contributed by atoms with E-state index < -0.39 is 0 Å². The SMILES string of the molecule is Cc1cc(Oc2ccccc2)c(O)c(O)c1C. The maximum atomic E-state index is 9.79. The predicted octanol–water partition coefficient (Wildman–Crippen LogP) is 3.51. The van der Waals surface area contributed by atoms with Gasteiger partial charge in [-0.1, -0.05) is 18.2 Å². The maximum absolute atomic E-state index is 9.79. The fraction of sp³-hybridized carbons (Fsp3) is 0.143. The van der Waals surface area contributed by atoms with Gasteiger partial charge in [0.15, 0.2) is 11.5 Å². The highest BCUT2D eigenvalue weighted by Gasteiger charge is 2.13. The zero-order valence-electron chi connectivity index (χ0n) is 9.77. The summed E-state index contributed by atoms with van der Waals surface area (Å²) in [5, 5.41) is 19.5. The molecule has 0 amide bonds. The van der Waals surface area contributed by atoms with Crippen LogP contribution in [0.1, 0.15) is 11.1 Å². The molecule has 2 N–H and O–H groups in total. The Kier molecular flexibility index (Phi) is 2.91. The van der Waals surface area contributed by atoms with Crippen LogP contribution in [-0.2, 0) is 0 Å². The molecular weight excluding hydrogens is 216 g/mol. The topological polar surface area (TPSA) is 49.7 Å². The van der Waals surface area contributed by atoms with Crippen LogP contribution in [0, 0.1) is 13.8 Å². The van der Waals surface area contributed by atoms with Gasteiger partial charge < -0.3 is 14.9 Å². The summed E-state index contributed by atoms with van der Waals surface area (Å²) < 4.78 is 5.52. The number of hydrogen-bond donors (Lipinski definition) is 2. The van der Waals surface area contributed by atoms with Gasteiger partial charge in [0.2, 0.25) is 5.75 Å². The molecule has 88 valence electrons. The van der Waals surface area contributed by atoms with Crippen LogP contribution in [0.25, 0.3) is 0 Å². The average molecular weight is 230 g/mol. The third kappa shape index (κ3) is 2.18. The molecule has 3 heteroatoms. The Balaban J connectivity index is 2.41. The molecular formula is C14H14O3. The first-order valence-electron chi connectivity index (χ1n) is 5.34. The lowest BCUT2D eigenvalue weighted by Gasteiger charge is -2.12. The van der Waals surface area contributed by atoms with Crippen molar-refractivity contribution in [2.45, 2.75) is 13.8 Å². The first kappa shape index (κ1) is 11.3. The van der Waals surface area contributed by atoms with Gasteiger partial charge in [0, 0.05) is 0 Å². The molecule has 0 spiro atoms. The number of aromatic hydroxyl groups is 2. The molecule has 0 radical (unpaired) electrons. The van der Waals surface area contributed by atoms with Crippen molar-refractivity contribution in [2.75, 3.05) is 0 Å². The van der Waals surface area contributed by atoms with Gasteiger partial charge in [-0.05, 0) is 43.2 Å². The maximum Gasteiger partial charge on any atom is 0.201 e. The van der Waals surface area contributed by atoms with E-state index in [0.717, 1.165) is 5.56 Å². The van der Waals surface area contributed by atoms with Crippen molar-refractivity contribution in [3.8, 4) is 23.0 Å². The monoisotopic (exact) mass is 230 g/mol. The van der Waals surface area contributed by atoms with Gasteiger partial charge in [-0.15, -0.1) is 0 Å². The molecule has 2 aromatic carbocycles. The minimum atomic E-state index is -0.225. The second-order valence-electron chi connectivity index (χ2n) is 3.93. The van der Waals surface area contributed by atoms with E-state index >= 15 is 0 Å². The zero-order valence-corrected chi connectivity index (χ0v) is 9.77. The van der Waals surface area contributed by atoms with Crippen molar-refractivity contribution in [3.63, 3.8) is 0 Å². The van der Waals surface area contributed by atoms with Crippen LogP contribution in [-0.4, -0.2) is 10.2 Å². The number of hydrogen-bond acceptors (Lipinski definition) is 3. The molecule has 0 bridgehead atoms. The van der Waals surface area contributed by atoms with Crippen LogP contribution in [0.2, 0.25) is 0 Å². The quantitative estimate of drug-likeness (QED) is 0.776. The highest BCUT2D eigenvalue weighted by Crippen LogP contribution is 2.41. The molecule has 0 aliphatic rings. The first-order chi connectivity index (χ1) is 8.09. The van der Waals surface area contributed by atoms with E-state index in [2.05, 4.69) is 0 Å². The van der Waals surface area contributed by atoms with Gasteiger partial charge in [0.1, 0.15) is 5.75 Å². The second kappa shape index (κ2) is 4.37. The van der Waals surface area contributed by atoms with Crippen molar-refractivity contribution in [3.05, 3.63) is 47.5 Å². The van der Waals surface area contributed by atoms with E-state index in [1.54, 1.807) is 25.1 Å². The molecule has 3 nitrogen and oxygen atoms in total. The lowest BCUT2D eigenvalue weighted by Crippen LogP contribution is -1.89. The third-order valence-corrected chi connectivity index (χ3v) is 2.72. The van der Waals surface area contributed by atoms with Crippen LogP contribution in [0.5, 0.6) is 23.0 Å². The van der Waals surface area contributed by atoms with E-state index in [9.17, 15) is 10.2 Å². The number of ether oxygens (including phenoxy) is 1. The molecule has 2 rings (SSSR count). The van der Waals surface area contributed by atoms with Crippen molar-refractivity contribution < 1.29 is 14.9 Å². The lowest BCUT2D eigenvalue weighted by molar-refractivity contribution is 0.370. The fourth-order valence-electron chi connectivity index (χ4n) is 1.55. The normalized spacial score (nSPS) is 10.2. The summed E-state index contributed by atoms with van der Waals surface area (Å²) >= 11 is 0. The predicted molar refractivity (Wildman–Crippen MR) is 65.8 cm³/mol. The van der Waals surface area contributed by atoms with Crippen LogP contribution in [0.15, 0.2) is 36.4 Å². The zero-order chi connectivity index (χ0) is 12.4. The Hall–Kier alpha value is -2.16. The second-order valence-corrected chi connectivity index (χ2v) is 3.93. The van der Waals surface area contributed by atoms with E-state index in [1.807, 2.05) is 25.1 Å². The number of rotatable bonds is 2. The average Bonchev–Trinajstić information content (AvgIpc) is 2.35. The van der Waals surface area contributed by atoms with E-state index in [4.69, 9.17) is 4.74 Å². The molecule has 17 heavy (non-hydrogen) atoms. The van der Waals surface area contributed by atoms with Crippen LogP contribution >= 0.6 is 0 Å². The molecule has 0 heterocycles. The van der Waals surface area contributed by atoms with Gasteiger partial charge in [0.05, 0.1) is 0 Å². The number of para-hydroxylation sites is 1. The Morgan fingerprint density at radius 3 is 2.24 bits per heavy atom. The van der Waals surface area contributed by atoms with Gasteiger partial charge in [-0.3, -0.25) is 0 Å². The van der Waals surface area contributed by atoms with Crippen molar-refractivity contribution >= 4 is 0 Å². The molecule has 0 atom stereocenters. The minimum Gasteiger partial charge on any atom is -0.504 e. The molecule has 2 aromatic rings. The Morgan fingerprint density at radius 1 is 0.941 bits per heavy atom. The Morgan fingerprint density at radius 2 is 1.59 bits per heavy atom. The molecule has 0 saturated heterocycles. The summed E-state index contributed by atoms with van der Waals surface area (Å²) in [4.78, 5) is 0. The van der Waals surface area contributed by atoms with Crippen molar-refractivity contribution in [2.24, 2.45) is 0 Å². The Labute approximate surface area is 99.9 Å². The number of benzene rings is 2. The van der Waals surface area contributed by atoms with Gasteiger partial charge in [0.25, 0.3) is 0 Å². The van der Waals surface area contributed by atoms with E-state index in [0.29, 0.717) is 11.3 Å². The summed E-state index contributed by atoms with van der Waals surface area (Å²) in [6.07, 6.45) is 0. The summed E-state index contributed by atoms with van der Waals surface area (Å²) in [6.45, 7) is 3.60. The number of aryl methyl sites for hydroxylation is 1. The molecule has 0 saturated carbocycles. The first-order valence-corrected chi connectivity index (χ1v) is 5.34. The van der Waals surface area contributed by atoms with Gasteiger partial charge in [-0.2, -0.15) is 0 Å². The van der Waals surface area contributed by atoms with Crippen LogP contribution in [0.4, 0.5) is 0 Å². The van der Waals surface area contributed by atoms with Gasteiger partial charge >= 0.3 is 0 Å². The fourth-order valence-corrected chi connectivity index (χ4v) is 1.55. The molecule has 0 aliphatic heterocycles. The summed E-state index contributed by atoms with van der Waals surface area (Å²) in [6, 6.07) is 10.8. The smallest absolute Gasteiger partial charge is 0.201 e. The largest absolute Gasteiger partial charge is 0.504 e. The highest BCUT2D eigenvalue weighted by atomic mass is 16.5. The minimum absolute atomic E-state index is 0.129. The van der Waals surface area contributed by atoms with Gasteiger partial charge in [-0.25, -0.2) is 0 Å². The standard InChI is InChI=1S/C14H14O3/c1-9-8-12(14(16)13(15)10(9)2)17-11-6-4-3-5-7-11/h3-8,15-16H,1-2H3. The Bertz CT molecular complexity index is 533. The highest BCUT2D eigenvalue weighted by molar-refractivity contribution is 5.57. The molecule has 0 unspecified atom stereocenters. The summed E-state index contributed by atoms with van der Waals surface area (Å²) in [5.41, 5.74) is 1.52.